The van der Waals surface area contributed by atoms with Crippen molar-refractivity contribution in [3.63, 3.8) is 0 Å². The van der Waals surface area contributed by atoms with E-state index in [1.54, 1.807) is 49.6 Å². The van der Waals surface area contributed by atoms with Gasteiger partial charge in [-0.05, 0) is 99.4 Å². The molecular formula is C50H65F2N5O9. The van der Waals surface area contributed by atoms with Crippen molar-refractivity contribution in [3.8, 4) is 11.4 Å². The highest BCUT2D eigenvalue weighted by Crippen LogP contribution is 2.40. The zero-order valence-electron chi connectivity index (χ0n) is 39.8. The molecule has 2 aliphatic rings. The van der Waals surface area contributed by atoms with Gasteiger partial charge in [-0.15, -0.1) is 0 Å². The van der Waals surface area contributed by atoms with Gasteiger partial charge in [0.1, 0.15) is 41.3 Å². The lowest BCUT2D eigenvalue weighted by Gasteiger charge is -2.30. The Balaban J connectivity index is 1.43. The SMILES string of the molecule is CC[C@H](CC(=O)CC(C)(C)C)C(=O)N1C[C@@H](OC(C)=O)C[C@H]1Cc1c(-c2[nH]c3cc(F)ccc3c2C[C@@H]2C[C@H](OC(C)=O)CN2C(=O)[C@H](CC)NC(=O)OC(C)(C)C)[nH]c2cc(F)ccc12. The molecule has 0 spiro atoms. The average Bonchev–Trinajstić information content (AvgIpc) is 3.96. The van der Waals surface area contributed by atoms with Crippen LogP contribution in [0.25, 0.3) is 33.2 Å². The number of aromatic amines is 2. The van der Waals surface area contributed by atoms with Crippen LogP contribution in [0.3, 0.4) is 0 Å². The average molecular weight is 918 g/mol. The number of alkyl carbamates (subject to hydrolysis) is 1. The molecule has 4 heterocycles. The van der Waals surface area contributed by atoms with E-state index in [1.165, 1.54) is 38.1 Å². The topological polar surface area (TPSA) is 180 Å². The lowest BCUT2D eigenvalue weighted by molar-refractivity contribution is -0.147. The van der Waals surface area contributed by atoms with E-state index in [4.69, 9.17) is 14.2 Å². The van der Waals surface area contributed by atoms with Crippen LogP contribution in [0, 0.1) is 23.0 Å². The van der Waals surface area contributed by atoms with Crippen molar-refractivity contribution in [2.24, 2.45) is 11.3 Å². The van der Waals surface area contributed by atoms with Gasteiger partial charge in [0.2, 0.25) is 11.8 Å². The number of hydrogen-bond acceptors (Lipinski definition) is 9. The first-order chi connectivity index (χ1) is 30.9. The van der Waals surface area contributed by atoms with Crippen LogP contribution in [0.15, 0.2) is 36.4 Å². The van der Waals surface area contributed by atoms with Crippen LogP contribution in [-0.2, 0) is 51.0 Å². The maximum absolute atomic E-state index is 15.0. The van der Waals surface area contributed by atoms with Gasteiger partial charge in [-0.3, -0.25) is 24.0 Å². The van der Waals surface area contributed by atoms with Crippen molar-refractivity contribution in [2.75, 3.05) is 13.1 Å². The third kappa shape index (κ3) is 12.0. The Kier molecular flexibility index (Phi) is 15.0. The number of carbonyl (C=O) groups is 6. The fraction of sp³-hybridized carbons (Fsp3) is 0.560. The van der Waals surface area contributed by atoms with Gasteiger partial charge in [0.25, 0.3) is 0 Å². The summed E-state index contributed by atoms with van der Waals surface area (Å²) in [5, 5.41) is 4.03. The molecule has 2 saturated heterocycles. The molecule has 6 atom stereocenters. The summed E-state index contributed by atoms with van der Waals surface area (Å²) in [6.45, 7) is 17.6. The Labute approximate surface area is 384 Å². The summed E-state index contributed by atoms with van der Waals surface area (Å²) in [4.78, 5) is 89.7. The molecule has 2 aromatic heterocycles. The van der Waals surface area contributed by atoms with Crippen LogP contribution in [0.5, 0.6) is 0 Å². The molecule has 0 radical (unpaired) electrons. The van der Waals surface area contributed by atoms with Gasteiger partial charge >= 0.3 is 18.0 Å². The maximum Gasteiger partial charge on any atom is 0.408 e. The van der Waals surface area contributed by atoms with E-state index >= 15 is 8.78 Å². The van der Waals surface area contributed by atoms with Crippen molar-refractivity contribution >= 4 is 57.4 Å². The number of rotatable bonds is 15. The highest BCUT2D eigenvalue weighted by Gasteiger charge is 2.43. The fourth-order valence-corrected chi connectivity index (χ4v) is 9.66. The molecule has 2 fully saturated rings. The number of nitrogens with zero attached hydrogens (tertiary/aromatic N) is 2. The zero-order chi connectivity index (χ0) is 48.4. The fourth-order valence-electron chi connectivity index (χ4n) is 9.66. The molecule has 0 aliphatic carbocycles. The van der Waals surface area contributed by atoms with Gasteiger partial charge in [0.05, 0.1) is 24.5 Å². The third-order valence-electron chi connectivity index (χ3n) is 12.3. The van der Waals surface area contributed by atoms with Crippen molar-refractivity contribution in [3.05, 3.63) is 59.2 Å². The lowest BCUT2D eigenvalue weighted by atomic mass is 9.86. The van der Waals surface area contributed by atoms with Crippen molar-refractivity contribution in [1.29, 1.82) is 0 Å². The number of likely N-dealkylation sites (tertiary alicyclic amines) is 2. The van der Waals surface area contributed by atoms with E-state index in [0.29, 0.717) is 63.6 Å². The largest absolute Gasteiger partial charge is 0.461 e. The molecule has 6 rings (SSSR count). The number of benzene rings is 2. The summed E-state index contributed by atoms with van der Waals surface area (Å²) in [6, 6.07) is 6.73. The second-order valence-electron chi connectivity index (χ2n) is 20.2. The molecule has 0 unspecified atom stereocenters. The maximum atomic E-state index is 15.0. The van der Waals surface area contributed by atoms with Gasteiger partial charge in [0.15, 0.2) is 0 Å². The van der Waals surface area contributed by atoms with Crippen LogP contribution in [-0.4, -0.2) is 104 Å². The smallest absolute Gasteiger partial charge is 0.408 e. The Morgan fingerprint density at radius 1 is 0.727 bits per heavy atom. The number of hydrogen-bond donors (Lipinski definition) is 3. The second-order valence-corrected chi connectivity index (χ2v) is 20.2. The minimum atomic E-state index is -0.957. The Hall–Kier alpha value is -5.80. The summed E-state index contributed by atoms with van der Waals surface area (Å²) in [5.41, 5.74) is 2.36. The summed E-state index contributed by atoms with van der Waals surface area (Å²) in [6.07, 6.45) is 0.0652. The number of ether oxygens (including phenoxy) is 3. The molecule has 2 aromatic carbocycles. The number of amides is 3. The molecule has 0 saturated carbocycles. The highest BCUT2D eigenvalue weighted by atomic mass is 19.1. The molecule has 4 aromatic rings. The normalized spacial score (nSPS) is 19.8. The minimum absolute atomic E-state index is 0.00933. The number of carbonyl (C=O) groups excluding carboxylic acids is 6. The van der Waals surface area contributed by atoms with E-state index < -0.39 is 77.4 Å². The molecule has 66 heavy (non-hydrogen) atoms. The molecule has 358 valence electrons. The van der Waals surface area contributed by atoms with Crippen LogP contribution >= 0.6 is 0 Å². The van der Waals surface area contributed by atoms with Crippen molar-refractivity contribution in [1.82, 2.24) is 25.1 Å². The number of halogens is 2. The molecule has 0 bridgehead atoms. The predicted molar refractivity (Wildman–Crippen MR) is 245 cm³/mol. The van der Waals surface area contributed by atoms with E-state index in [0.717, 1.165) is 0 Å². The van der Waals surface area contributed by atoms with E-state index in [1.807, 2.05) is 27.7 Å². The molecule has 14 nitrogen and oxygen atoms in total. The predicted octanol–water partition coefficient (Wildman–Crippen LogP) is 8.47. The number of esters is 2. The number of ketones is 1. The number of Topliss-reactive ketones (excluding diaryl/α,β-unsaturated/α-hetero) is 1. The first-order valence-corrected chi connectivity index (χ1v) is 23.0. The molecule has 3 amide bonds. The van der Waals surface area contributed by atoms with E-state index in [-0.39, 0.29) is 62.3 Å². The summed E-state index contributed by atoms with van der Waals surface area (Å²) >= 11 is 0. The zero-order valence-corrected chi connectivity index (χ0v) is 39.8. The second kappa shape index (κ2) is 20.0. The van der Waals surface area contributed by atoms with Gasteiger partial charge < -0.3 is 39.3 Å². The minimum Gasteiger partial charge on any atom is -0.461 e. The van der Waals surface area contributed by atoms with E-state index in [2.05, 4.69) is 15.3 Å². The molecule has 2 aliphatic heterocycles. The van der Waals surface area contributed by atoms with Crippen LogP contribution in [0.1, 0.15) is 119 Å². The summed E-state index contributed by atoms with van der Waals surface area (Å²) < 4.78 is 46.9. The molecule has 16 heteroatoms. The van der Waals surface area contributed by atoms with Gasteiger partial charge in [-0.2, -0.15) is 0 Å². The summed E-state index contributed by atoms with van der Waals surface area (Å²) in [5.74, 6) is -3.18. The standard InChI is InChI=1S/C50H65F2N5O9/c1-11-29(17-34(60)24-49(5,6)7)46(61)56-25-35(64-27(3)58)20-32(56)22-39-37-15-13-30(51)18-42(37)53-44(39)45-40(38-16-14-31(52)19-43(38)54-45)23-33-21-36(65-28(4)59)26-57(33)47(62)41(12-2)55-48(63)66-50(8,9)10/h13-16,18-19,29,32-33,35-36,41,53-54H,11-12,17,20-26H2,1-10H3,(H,55,63)/t29-,32+,33+,35+,36+,41+/m1/s1. The monoisotopic (exact) mass is 917 g/mol. The Morgan fingerprint density at radius 2 is 1.20 bits per heavy atom. The van der Waals surface area contributed by atoms with Crippen molar-refractivity contribution < 1.29 is 51.8 Å². The van der Waals surface area contributed by atoms with Crippen LogP contribution < -0.4 is 5.32 Å². The van der Waals surface area contributed by atoms with Gasteiger partial charge in [-0.1, -0.05) is 34.6 Å². The Morgan fingerprint density at radius 3 is 1.61 bits per heavy atom. The summed E-state index contributed by atoms with van der Waals surface area (Å²) in [7, 11) is 0. The lowest BCUT2D eigenvalue weighted by Crippen LogP contribution is -2.51. The highest BCUT2D eigenvalue weighted by molar-refractivity contribution is 5.96. The van der Waals surface area contributed by atoms with Crippen LogP contribution in [0.2, 0.25) is 0 Å². The van der Waals surface area contributed by atoms with Crippen molar-refractivity contribution in [2.45, 2.75) is 157 Å². The van der Waals surface area contributed by atoms with E-state index in [9.17, 15) is 28.8 Å². The number of nitrogens with one attached hydrogen (secondary N) is 3. The molecular weight excluding hydrogens is 853 g/mol. The third-order valence-corrected chi connectivity index (χ3v) is 12.3. The first kappa shape index (κ1) is 49.6. The first-order valence-electron chi connectivity index (χ1n) is 23.0. The molecule has 3 N–H and O–H groups in total. The van der Waals surface area contributed by atoms with Gasteiger partial charge in [0, 0.05) is 79.3 Å². The quantitative estimate of drug-likeness (QED) is 0.0779. The van der Waals surface area contributed by atoms with Gasteiger partial charge in [-0.25, -0.2) is 13.6 Å². The number of aromatic nitrogens is 2. The number of fused-ring (bicyclic) bond motifs is 2. The number of H-pyrrole nitrogens is 2. The Bertz CT molecular complexity index is 2310. The van der Waals surface area contributed by atoms with Crippen LogP contribution in [0.4, 0.5) is 13.6 Å².